The largest absolute Gasteiger partial charge is 0.449 e. The summed E-state index contributed by atoms with van der Waals surface area (Å²) in [5.74, 6) is -0.906. The van der Waals surface area contributed by atoms with Crippen molar-refractivity contribution >= 4 is 17.9 Å². The molecule has 7 nitrogen and oxygen atoms in total. The minimum Gasteiger partial charge on any atom is -0.449 e. The second kappa shape index (κ2) is 4.74. The van der Waals surface area contributed by atoms with E-state index in [-0.39, 0.29) is 40.6 Å². The van der Waals surface area contributed by atoms with Gasteiger partial charge in [0.05, 0.1) is 29.8 Å². The number of hydrogen-bond donors (Lipinski definition) is 1. The zero-order valence-corrected chi connectivity index (χ0v) is 14.5. The van der Waals surface area contributed by atoms with Crippen LogP contribution in [-0.4, -0.2) is 52.1 Å². The number of ether oxygens (including phenoxy) is 1. The molecule has 1 aromatic carbocycles. The van der Waals surface area contributed by atoms with Gasteiger partial charge in [0.25, 0.3) is 5.91 Å². The van der Waals surface area contributed by atoms with Crippen LogP contribution in [0.1, 0.15) is 47.9 Å². The van der Waals surface area contributed by atoms with E-state index in [9.17, 15) is 14.4 Å². The minimum atomic E-state index is -0.639. The average molecular weight is 343 g/mol. The third-order valence-electron chi connectivity index (χ3n) is 5.37. The van der Waals surface area contributed by atoms with Crippen molar-refractivity contribution in [2.24, 2.45) is 11.1 Å². The number of hydrogen-bond acceptors (Lipinski definition) is 4. The van der Waals surface area contributed by atoms with Crippen LogP contribution in [0.3, 0.4) is 0 Å². The highest BCUT2D eigenvalue weighted by Crippen LogP contribution is 2.67. The van der Waals surface area contributed by atoms with E-state index in [1.165, 1.54) is 0 Å². The first-order valence-electron chi connectivity index (χ1n) is 8.41. The highest BCUT2D eigenvalue weighted by molar-refractivity contribution is 6.08. The van der Waals surface area contributed by atoms with Crippen molar-refractivity contribution in [2.75, 3.05) is 6.61 Å². The zero-order valence-electron chi connectivity index (χ0n) is 14.5. The molecule has 1 spiro atoms. The Labute approximate surface area is 145 Å². The van der Waals surface area contributed by atoms with Crippen molar-refractivity contribution in [1.82, 2.24) is 9.80 Å². The first-order valence-corrected chi connectivity index (χ1v) is 8.41. The fraction of sp³-hybridized carbons (Fsp3) is 0.500. The fourth-order valence-electron chi connectivity index (χ4n) is 4.50. The summed E-state index contributed by atoms with van der Waals surface area (Å²) < 4.78 is 5.14. The topological polar surface area (TPSA) is 92.5 Å². The van der Waals surface area contributed by atoms with E-state index in [1.54, 1.807) is 34.1 Å². The Balaban J connectivity index is 1.74. The third kappa shape index (κ3) is 1.95. The van der Waals surface area contributed by atoms with Crippen LogP contribution >= 0.6 is 0 Å². The van der Waals surface area contributed by atoms with Gasteiger partial charge in [-0.1, -0.05) is 32.9 Å². The normalized spacial score (nSPS) is 30.0. The molecule has 3 heterocycles. The Kier molecular flexibility index (Phi) is 3.02. The van der Waals surface area contributed by atoms with Gasteiger partial charge in [-0.2, -0.15) is 0 Å². The summed E-state index contributed by atoms with van der Waals surface area (Å²) in [6, 6.07) is 6.40. The van der Waals surface area contributed by atoms with E-state index in [1.807, 2.05) is 20.8 Å². The monoisotopic (exact) mass is 343 g/mol. The Morgan fingerprint density at radius 3 is 2.44 bits per heavy atom. The number of carbonyl (C=O) groups excluding carboxylic acids is 3. The molecule has 1 unspecified atom stereocenters. The molecule has 2 N–H and O–H groups in total. The molecule has 0 aromatic heterocycles. The maximum atomic E-state index is 13.2. The van der Waals surface area contributed by atoms with Crippen LogP contribution in [0.25, 0.3) is 0 Å². The minimum absolute atomic E-state index is 0.0114. The number of nitrogens with zero attached hydrogens (tertiary/aromatic N) is 2. The maximum absolute atomic E-state index is 13.2. The molecule has 7 heteroatoms. The summed E-state index contributed by atoms with van der Waals surface area (Å²) in [5.41, 5.74) is 5.07. The van der Waals surface area contributed by atoms with Crippen LogP contribution < -0.4 is 5.73 Å². The lowest BCUT2D eigenvalue weighted by molar-refractivity contribution is 0.0829. The fourth-order valence-corrected chi connectivity index (χ4v) is 4.50. The van der Waals surface area contributed by atoms with E-state index in [4.69, 9.17) is 10.5 Å². The molecule has 0 radical (unpaired) electrons. The van der Waals surface area contributed by atoms with Gasteiger partial charge in [-0.25, -0.2) is 4.79 Å². The van der Waals surface area contributed by atoms with E-state index in [0.717, 1.165) is 0 Å². The molecule has 3 aliphatic heterocycles. The molecular formula is C18H21N3O4. The molecule has 25 heavy (non-hydrogen) atoms. The first-order chi connectivity index (χ1) is 11.7. The van der Waals surface area contributed by atoms with Gasteiger partial charge < -0.3 is 15.4 Å². The molecule has 3 atom stereocenters. The van der Waals surface area contributed by atoms with E-state index < -0.39 is 11.6 Å². The number of rotatable bonds is 2. The van der Waals surface area contributed by atoms with Gasteiger partial charge in [-0.15, -0.1) is 0 Å². The van der Waals surface area contributed by atoms with Crippen molar-refractivity contribution in [1.29, 1.82) is 0 Å². The highest BCUT2D eigenvalue weighted by atomic mass is 16.6. The quantitative estimate of drug-likeness (QED) is 0.825. The molecule has 3 aliphatic rings. The second-order valence-corrected chi connectivity index (χ2v) is 7.93. The van der Waals surface area contributed by atoms with Gasteiger partial charge in [0.2, 0.25) is 5.91 Å². The molecule has 3 fully saturated rings. The van der Waals surface area contributed by atoms with E-state index in [2.05, 4.69) is 0 Å². The molecule has 0 bridgehead atoms. The maximum Gasteiger partial charge on any atom is 0.412 e. The van der Waals surface area contributed by atoms with Crippen LogP contribution in [0, 0.1) is 5.41 Å². The van der Waals surface area contributed by atoms with Crippen LogP contribution in [-0.2, 0) is 4.74 Å². The smallest absolute Gasteiger partial charge is 0.412 e. The van der Waals surface area contributed by atoms with Gasteiger partial charge in [-0.3, -0.25) is 14.5 Å². The molecule has 0 aliphatic carbocycles. The lowest BCUT2D eigenvalue weighted by Gasteiger charge is -2.17. The Hall–Kier alpha value is -2.57. The Bertz CT molecular complexity index is 800. The molecule has 1 aromatic rings. The van der Waals surface area contributed by atoms with Gasteiger partial charge in [0.1, 0.15) is 0 Å². The summed E-state index contributed by atoms with van der Waals surface area (Å²) in [6.45, 7) is 6.51. The van der Waals surface area contributed by atoms with Gasteiger partial charge in [0.15, 0.2) is 5.66 Å². The molecular weight excluding hydrogens is 322 g/mol. The number of amides is 3. The van der Waals surface area contributed by atoms with Gasteiger partial charge >= 0.3 is 6.09 Å². The third-order valence-corrected chi connectivity index (χ3v) is 5.37. The number of nitrogens with two attached hydrogens (primary N) is 1. The Morgan fingerprint density at radius 2 is 1.88 bits per heavy atom. The molecule has 3 saturated heterocycles. The standard InChI is InChI=1S/C18H21N3O4/c1-17(2,3)15-18(12-8-9-25-16(24)20(12)18)21(15)14(23)11-7-5-4-6-10(11)13(19)22/h4-7,12,15H,8-9H2,1-3H3,(H2,19,22)/t12?,15-,18+,20?,21?/m0/s1. The van der Waals surface area contributed by atoms with Crippen molar-refractivity contribution in [3.8, 4) is 0 Å². The van der Waals surface area contributed by atoms with Gasteiger partial charge in [0, 0.05) is 6.42 Å². The zero-order chi connectivity index (χ0) is 18.1. The second-order valence-electron chi connectivity index (χ2n) is 7.93. The first kappa shape index (κ1) is 15.9. The number of carbonyl (C=O) groups is 3. The molecule has 4 rings (SSSR count). The van der Waals surface area contributed by atoms with Gasteiger partial charge in [-0.05, 0) is 17.5 Å². The highest BCUT2D eigenvalue weighted by Gasteiger charge is 2.89. The summed E-state index contributed by atoms with van der Waals surface area (Å²) in [5, 5.41) is 0. The number of benzene rings is 1. The van der Waals surface area contributed by atoms with E-state index >= 15 is 0 Å². The van der Waals surface area contributed by atoms with E-state index in [0.29, 0.717) is 13.0 Å². The average Bonchev–Trinajstić information content (AvgIpc) is 3.42. The number of cyclic esters (lactones) is 1. The predicted molar refractivity (Wildman–Crippen MR) is 88.7 cm³/mol. The molecule has 132 valence electrons. The summed E-state index contributed by atoms with van der Waals surface area (Å²) in [6.07, 6.45) is 0.337. The summed E-state index contributed by atoms with van der Waals surface area (Å²) in [4.78, 5) is 40.5. The van der Waals surface area contributed by atoms with Crippen LogP contribution in [0.15, 0.2) is 24.3 Å². The predicted octanol–water partition coefficient (Wildman–Crippen LogP) is 1.58. The van der Waals surface area contributed by atoms with Crippen molar-refractivity contribution in [3.05, 3.63) is 35.4 Å². The summed E-state index contributed by atoms with van der Waals surface area (Å²) >= 11 is 0. The SMILES string of the molecule is CC(C)(C)[C@@H]1N(C(=O)c2ccccc2C(N)=O)[C@]12C1CCOC(=O)N12. The lowest BCUT2D eigenvalue weighted by atomic mass is 9.88. The number of fused-ring (bicyclic) bond motifs is 3. The number of primary amides is 1. The van der Waals surface area contributed by atoms with Crippen LogP contribution in [0.5, 0.6) is 0 Å². The summed E-state index contributed by atoms with van der Waals surface area (Å²) in [7, 11) is 0. The van der Waals surface area contributed by atoms with Crippen LogP contribution in [0.4, 0.5) is 4.79 Å². The van der Waals surface area contributed by atoms with Crippen LogP contribution in [0.2, 0.25) is 0 Å². The van der Waals surface area contributed by atoms with Crippen molar-refractivity contribution < 1.29 is 19.1 Å². The lowest BCUT2D eigenvalue weighted by Crippen LogP contribution is -2.25. The van der Waals surface area contributed by atoms with Crippen molar-refractivity contribution in [3.63, 3.8) is 0 Å². The Morgan fingerprint density at radius 1 is 1.24 bits per heavy atom. The molecule has 3 amide bonds. The molecule has 0 saturated carbocycles. The van der Waals surface area contributed by atoms with Crippen molar-refractivity contribution in [2.45, 2.75) is 44.9 Å².